The molecule has 104 valence electrons. The molecule has 0 aliphatic heterocycles. The minimum atomic E-state index is -0.640. The minimum Gasteiger partial charge on any atom is -0.367 e. The molecular weight excluding hydrogens is 256 g/mol. The Kier molecular flexibility index (Phi) is 4.68. The van der Waals surface area contributed by atoms with E-state index in [0.717, 1.165) is 11.1 Å². The summed E-state index contributed by atoms with van der Waals surface area (Å²) in [5.74, 6) is -0.218. The van der Waals surface area contributed by atoms with Crippen molar-refractivity contribution in [1.82, 2.24) is 10.3 Å². The fourth-order valence-corrected chi connectivity index (χ4v) is 1.86. The third-order valence-corrected chi connectivity index (χ3v) is 2.89. The SMILES string of the molecule is COC(C(=O)NCc1ccc(=O)[nH]c1)c1ccccc1. The van der Waals surface area contributed by atoms with Gasteiger partial charge in [-0.25, -0.2) is 0 Å². The van der Waals surface area contributed by atoms with Crippen LogP contribution in [0.4, 0.5) is 0 Å². The highest BCUT2D eigenvalue weighted by Crippen LogP contribution is 2.16. The predicted octanol–water partition coefficient (Wildman–Crippen LogP) is 1.38. The molecule has 2 aromatic rings. The lowest BCUT2D eigenvalue weighted by molar-refractivity contribution is -0.131. The van der Waals surface area contributed by atoms with Crippen molar-refractivity contribution in [3.05, 3.63) is 70.1 Å². The van der Waals surface area contributed by atoms with E-state index in [0.29, 0.717) is 6.54 Å². The Labute approximate surface area is 116 Å². The van der Waals surface area contributed by atoms with Crippen LogP contribution < -0.4 is 10.9 Å². The summed E-state index contributed by atoms with van der Waals surface area (Å²) in [5, 5.41) is 2.78. The summed E-state index contributed by atoms with van der Waals surface area (Å²) in [5.41, 5.74) is 1.45. The molecule has 1 heterocycles. The van der Waals surface area contributed by atoms with Crippen LogP contribution in [0.2, 0.25) is 0 Å². The first kappa shape index (κ1) is 14.0. The maximum Gasteiger partial charge on any atom is 0.254 e. The molecule has 0 radical (unpaired) electrons. The van der Waals surface area contributed by atoms with Crippen molar-refractivity contribution in [2.24, 2.45) is 0 Å². The summed E-state index contributed by atoms with van der Waals surface area (Å²) in [6.45, 7) is 0.336. The molecule has 20 heavy (non-hydrogen) atoms. The molecule has 1 atom stereocenters. The van der Waals surface area contributed by atoms with E-state index in [2.05, 4.69) is 10.3 Å². The van der Waals surface area contributed by atoms with Crippen LogP contribution in [-0.2, 0) is 16.1 Å². The first-order valence-electron chi connectivity index (χ1n) is 6.24. The molecule has 2 rings (SSSR count). The number of hydrogen-bond acceptors (Lipinski definition) is 3. The third-order valence-electron chi connectivity index (χ3n) is 2.89. The molecule has 0 aliphatic carbocycles. The predicted molar refractivity (Wildman–Crippen MR) is 75.1 cm³/mol. The molecule has 0 spiro atoms. The fraction of sp³-hybridized carbons (Fsp3) is 0.200. The second-order valence-electron chi connectivity index (χ2n) is 4.31. The van der Waals surface area contributed by atoms with E-state index in [1.165, 1.54) is 13.2 Å². The quantitative estimate of drug-likeness (QED) is 0.863. The number of nitrogens with one attached hydrogen (secondary N) is 2. The molecule has 5 nitrogen and oxygen atoms in total. The average molecular weight is 272 g/mol. The van der Waals surface area contributed by atoms with Gasteiger partial charge in [0.2, 0.25) is 5.56 Å². The van der Waals surface area contributed by atoms with Crippen molar-refractivity contribution >= 4 is 5.91 Å². The highest BCUT2D eigenvalue weighted by Gasteiger charge is 2.19. The molecule has 0 aliphatic rings. The normalized spacial score (nSPS) is 11.8. The Morgan fingerprint density at radius 1 is 1.25 bits per heavy atom. The molecular formula is C15H16N2O3. The van der Waals surface area contributed by atoms with Gasteiger partial charge in [-0.3, -0.25) is 9.59 Å². The first-order chi connectivity index (χ1) is 9.70. The number of carbonyl (C=O) groups is 1. The van der Waals surface area contributed by atoms with Crippen molar-refractivity contribution < 1.29 is 9.53 Å². The van der Waals surface area contributed by atoms with Crippen molar-refractivity contribution in [1.29, 1.82) is 0 Å². The molecule has 1 amide bonds. The van der Waals surface area contributed by atoms with Gasteiger partial charge in [0.1, 0.15) is 0 Å². The second-order valence-corrected chi connectivity index (χ2v) is 4.31. The van der Waals surface area contributed by atoms with Gasteiger partial charge < -0.3 is 15.0 Å². The summed E-state index contributed by atoms with van der Waals surface area (Å²) in [6.07, 6.45) is 0.936. The number of aromatic amines is 1. The Morgan fingerprint density at radius 2 is 2.00 bits per heavy atom. The van der Waals surface area contributed by atoms with E-state index in [9.17, 15) is 9.59 Å². The van der Waals surface area contributed by atoms with Gasteiger partial charge in [-0.15, -0.1) is 0 Å². The van der Waals surface area contributed by atoms with Crippen LogP contribution >= 0.6 is 0 Å². The van der Waals surface area contributed by atoms with Crippen LogP contribution in [0, 0.1) is 0 Å². The number of benzene rings is 1. The highest BCUT2D eigenvalue weighted by atomic mass is 16.5. The van der Waals surface area contributed by atoms with Crippen molar-refractivity contribution in [3.8, 4) is 0 Å². The van der Waals surface area contributed by atoms with E-state index < -0.39 is 6.10 Å². The largest absolute Gasteiger partial charge is 0.367 e. The smallest absolute Gasteiger partial charge is 0.254 e. The molecule has 0 fully saturated rings. The lowest BCUT2D eigenvalue weighted by atomic mass is 10.1. The second kappa shape index (κ2) is 6.68. The summed E-state index contributed by atoms with van der Waals surface area (Å²) >= 11 is 0. The van der Waals surface area contributed by atoms with E-state index in [4.69, 9.17) is 4.74 Å². The van der Waals surface area contributed by atoms with E-state index in [1.54, 1.807) is 12.3 Å². The van der Waals surface area contributed by atoms with Crippen molar-refractivity contribution in [2.75, 3.05) is 7.11 Å². The summed E-state index contributed by atoms with van der Waals surface area (Å²) in [4.78, 5) is 25.6. The monoisotopic (exact) mass is 272 g/mol. The van der Waals surface area contributed by atoms with Crippen LogP contribution in [0.1, 0.15) is 17.2 Å². The minimum absolute atomic E-state index is 0.167. The molecule has 1 aromatic carbocycles. The molecule has 5 heteroatoms. The van der Waals surface area contributed by atoms with Crippen LogP contribution in [0.25, 0.3) is 0 Å². The molecule has 0 saturated heterocycles. The summed E-state index contributed by atoms with van der Waals surface area (Å²) in [7, 11) is 1.50. The number of aromatic nitrogens is 1. The van der Waals surface area contributed by atoms with Gasteiger partial charge >= 0.3 is 0 Å². The Morgan fingerprint density at radius 3 is 2.60 bits per heavy atom. The maximum absolute atomic E-state index is 12.1. The van der Waals surface area contributed by atoms with Gasteiger partial charge in [-0.2, -0.15) is 0 Å². The number of pyridine rings is 1. The Balaban J connectivity index is 2.00. The number of methoxy groups -OCH3 is 1. The lowest BCUT2D eigenvalue weighted by Crippen LogP contribution is -2.30. The number of carbonyl (C=O) groups excluding carboxylic acids is 1. The zero-order valence-corrected chi connectivity index (χ0v) is 11.1. The maximum atomic E-state index is 12.1. The molecule has 1 aromatic heterocycles. The van der Waals surface area contributed by atoms with Crippen LogP contribution in [0.15, 0.2) is 53.5 Å². The van der Waals surface area contributed by atoms with Crippen LogP contribution in [0.3, 0.4) is 0 Å². The number of amides is 1. The molecule has 2 N–H and O–H groups in total. The first-order valence-corrected chi connectivity index (χ1v) is 6.24. The Hall–Kier alpha value is -2.40. The standard InChI is InChI=1S/C15H16N2O3/c1-20-14(12-5-3-2-4-6-12)15(19)17-10-11-7-8-13(18)16-9-11/h2-9,14H,10H2,1H3,(H,16,18)(H,17,19). The van der Waals surface area contributed by atoms with Crippen LogP contribution in [0.5, 0.6) is 0 Å². The fourth-order valence-electron chi connectivity index (χ4n) is 1.86. The van der Waals surface area contributed by atoms with E-state index >= 15 is 0 Å². The van der Waals surface area contributed by atoms with E-state index in [1.807, 2.05) is 30.3 Å². The lowest BCUT2D eigenvalue weighted by Gasteiger charge is -2.15. The van der Waals surface area contributed by atoms with Crippen molar-refractivity contribution in [2.45, 2.75) is 12.6 Å². The van der Waals surface area contributed by atoms with Crippen LogP contribution in [-0.4, -0.2) is 18.0 Å². The highest BCUT2D eigenvalue weighted by molar-refractivity contribution is 5.82. The van der Waals surface area contributed by atoms with Gasteiger partial charge in [0.05, 0.1) is 0 Å². The summed E-state index contributed by atoms with van der Waals surface area (Å²) < 4.78 is 5.24. The van der Waals surface area contributed by atoms with Crippen molar-refractivity contribution in [3.63, 3.8) is 0 Å². The average Bonchev–Trinajstić information content (AvgIpc) is 2.48. The summed E-state index contributed by atoms with van der Waals surface area (Å²) in [6, 6.07) is 12.4. The number of H-pyrrole nitrogens is 1. The Bertz CT molecular complexity index is 602. The third kappa shape index (κ3) is 3.55. The number of hydrogen-bond donors (Lipinski definition) is 2. The number of ether oxygens (including phenoxy) is 1. The van der Waals surface area contributed by atoms with E-state index in [-0.39, 0.29) is 11.5 Å². The van der Waals surface area contributed by atoms with Gasteiger partial charge in [-0.05, 0) is 11.1 Å². The zero-order valence-electron chi connectivity index (χ0n) is 11.1. The van der Waals surface area contributed by atoms with Gasteiger partial charge in [0.15, 0.2) is 6.10 Å². The van der Waals surface area contributed by atoms with Gasteiger partial charge in [-0.1, -0.05) is 36.4 Å². The van der Waals surface area contributed by atoms with Gasteiger partial charge in [0, 0.05) is 25.9 Å². The molecule has 0 saturated carbocycles. The zero-order chi connectivity index (χ0) is 14.4. The van der Waals surface area contributed by atoms with Gasteiger partial charge in [0.25, 0.3) is 5.91 Å². The topological polar surface area (TPSA) is 71.2 Å². The molecule has 0 bridgehead atoms. The molecule has 1 unspecified atom stereocenters. The number of rotatable bonds is 5.